The monoisotopic (exact) mass is 240 g/mol. The number of nitrogens with zero attached hydrogens (tertiary/aromatic N) is 1. The summed E-state index contributed by atoms with van der Waals surface area (Å²) in [7, 11) is 0. The second kappa shape index (κ2) is 4.29. The molecule has 1 amide bonds. The van der Waals surface area contributed by atoms with Crippen molar-refractivity contribution >= 4 is 11.9 Å². The van der Waals surface area contributed by atoms with Gasteiger partial charge in [-0.25, -0.2) is 0 Å². The molecular weight excluding hydrogens is 220 g/mol. The molecule has 2 aliphatic rings. The van der Waals surface area contributed by atoms with Crippen molar-refractivity contribution in [2.45, 2.75) is 57.2 Å². The Labute approximate surface area is 101 Å². The Bertz CT molecular complexity index is 337. The molecule has 5 nitrogen and oxygen atoms in total. The van der Waals surface area contributed by atoms with Crippen LogP contribution in [-0.2, 0) is 9.59 Å². The Kier molecular flexibility index (Phi) is 3.12. The highest BCUT2D eigenvalue weighted by atomic mass is 16.4. The first-order chi connectivity index (χ1) is 7.89. The van der Waals surface area contributed by atoms with E-state index in [1.807, 2.05) is 13.8 Å². The van der Waals surface area contributed by atoms with E-state index in [0.29, 0.717) is 12.5 Å². The van der Waals surface area contributed by atoms with Crippen molar-refractivity contribution in [2.75, 3.05) is 6.54 Å². The van der Waals surface area contributed by atoms with Crippen molar-refractivity contribution in [1.82, 2.24) is 10.2 Å². The summed E-state index contributed by atoms with van der Waals surface area (Å²) >= 11 is 0. The zero-order chi connectivity index (χ0) is 12.6. The lowest BCUT2D eigenvalue weighted by Crippen LogP contribution is -2.65. The molecule has 1 heterocycles. The van der Waals surface area contributed by atoms with E-state index in [-0.39, 0.29) is 23.9 Å². The zero-order valence-electron chi connectivity index (χ0n) is 10.4. The second-order valence-electron chi connectivity index (χ2n) is 5.72. The molecule has 1 unspecified atom stereocenters. The number of hydrogen-bond acceptors (Lipinski definition) is 3. The van der Waals surface area contributed by atoms with Gasteiger partial charge in [0.1, 0.15) is 0 Å². The predicted molar refractivity (Wildman–Crippen MR) is 62.6 cm³/mol. The minimum atomic E-state index is -0.835. The third-order valence-corrected chi connectivity index (χ3v) is 3.39. The smallest absolute Gasteiger partial charge is 0.303 e. The molecule has 0 aromatic rings. The number of carboxylic acids is 1. The van der Waals surface area contributed by atoms with E-state index in [9.17, 15) is 9.59 Å². The Balaban J connectivity index is 2.05. The first kappa shape index (κ1) is 12.4. The van der Waals surface area contributed by atoms with Crippen LogP contribution in [0.1, 0.15) is 39.5 Å². The van der Waals surface area contributed by atoms with E-state index in [1.165, 1.54) is 0 Å². The van der Waals surface area contributed by atoms with E-state index in [2.05, 4.69) is 10.2 Å². The van der Waals surface area contributed by atoms with Crippen LogP contribution in [0.4, 0.5) is 0 Å². The van der Waals surface area contributed by atoms with E-state index in [4.69, 9.17) is 5.11 Å². The van der Waals surface area contributed by atoms with Crippen molar-refractivity contribution in [1.29, 1.82) is 0 Å². The second-order valence-corrected chi connectivity index (χ2v) is 5.72. The van der Waals surface area contributed by atoms with Gasteiger partial charge in [-0.2, -0.15) is 0 Å². The molecule has 0 aromatic heterocycles. The SMILES string of the molecule is CC1(C)CN(C2CC2)C(CCC(=O)O)C(=O)N1. The summed E-state index contributed by atoms with van der Waals surface area (Å²) in [6.07, 6.45) is 2.73. The standard InChI is InChI=1S/C12H20N2O3/c1-12(2)7-14(8-3-4-8)9(11(17)13-12)5-6-10(15)16/h8-9H,3-7H2,1-2H3,(H,13,17)(H,15,16). The fraction of sp³-hybridized carbons (Fsp3) is 0.833. The minimum Gasteiger partial charge on any atom is -0.481 e. The van der Waals surface area contributed by atoms with Crippen LogP contribution in [0.2, 0.25) is 0 Å². The Morgan fingerprint density at radius 1 is 1.53 bits per heavy atom. The lowest BCUT2D eigenvalue weighted by Gasteiger charge is -2.43. The van der Waals surface area contributed by atoms with Gasteiger partial charge < -0.3 is 10.4 Å². The van der Waals surface area contributed by atoms with Crippen molar-refractivity contribution in [3.63, 3.8) is 0 Å². The van der Waals surface area contributed by atoms with Gasteiger partial charge in [-0.3, -0.25) is 14.5 Å². The molecule has 0 aromatic carbocycles. The van der Waals surface area contributed by atoms with Crippen LogP contribution >= 0.6 is 0 Å². The molecule has 17 heavy (non-hydrogen) atoms. The number of piperazine rings is 1. The molecule has 1 aliphatic heterocycles. The predicted octanol–water partition coefficient (Wildman–Crippen LogP) is 0.593. The Morgan fingerprint density at radius 2 is 2.18 bits per heavy atom. The van der Waals surface area contributed by atoms with Gasteiger partial charge in [-0.05, 0) is 33.1 Å². The Morgan fingerprint density at radius 3 is 2.71 bits per heavy atom. The minimum absolute atomic E-state index is 0.0191. The van der Waals surface area contributed by atoms with E-state index < -0.39 is 5.97 Å². The average molecular weight is 240 g/mol. The largest absolute Gasteiger partial charge is 0.481 e. The maximum atomic E-state index is 12.0. The van der Waals surface area contributed by atoms with Crippen LogP contribution in [0.3, 0.4) is 0 Å². The maximum absolute atomic E-state index is 12.0. The summed E-state index contributed by atoms with van der Waals surface area (Å²) < 4.78 is 0. The molecule has 2 fully saturated rings. The molecule has 1 saturated heterocycles. The van der Waals surface area contributed by atoms with Crippen molar-refractivity contribution < 1.29 is 14.7 Å². The first-order valence-electron chi connectivity index (χ1n) is 6.19. The van der Waals surface area contributed by atoms with Crippen molar-refractivity contribution in [3.8, 4) is 0 Å². The molecule has 0 radical (unpaired) electrons. The molecule has 1 aliphatic carbocycles. The van der Waals surface area contributed by atoms with Gasteiger partial charge in [0.05, 0.1) is 6.04 Å². The quantitative estimate of drug-likeness (QED) is 0.754. The van der Waals surface area contributed by atoms with Gasteiger partial charge in [0.15, 0.2) is 0 Å². The number of carbonyl (C=O) groups is 2. The maximum Gasteiger partial charge on any atom is 0.303 e. The normalized spacial score (nSPS) is 28.8. The van der Waals surface area contributed by atoms with Crippen LogP contribution in [0.5, 0.6) is 0 Å². The molecule has 2 N–H and O–H groups in total. The third-order valence-electron chi connectivity index (χ3n) is 3.39. The molecule has 2 rings (SSSR count). The zero-order valence-corrected chi connectivity index (χ0v) is 10.4. The summed E-state index contributed by atoms with van der Waals surface area (Å²) in [5.74, 6) is -0.854. The molecule has 0 bridgehead atoms. The third kappa shape index (κ3) is 2.97. The number of hydrogen-bond donors (Lipinski definition) is 2. The van der Waals surface area contributed by atoms with Gasteiger partial charge in [0.2, 0.25) is 5.91 Å². The topological polar surface area (TPSA) is 69.6 Å². The number of rotatable bonds is 4. The highest BCUT2D eigenvalue weighted by Gasteiger charge is 2.44. The number of carboxylic acid groups (broad SMARTS) is 1. The summed E-state index contributed by atoms with van der Waals surface area (Å²) in [4.78, 5) is 24.8. The van der Waals surface area contributed by atoms with Gasteiger partial charge >= 0.3 is 5.97 Å². The molecule has 1 saturated carbocycles. The van der Waals surface area contributed by atoms with E-state index in [0.717, 1.165) is 19.4 Å². The van der Waals surface area contributed by atoms with E-state index in [1.54, 1.807) is 0 Å². The van der Waals surface area contributed by atoms with Crippen LogP contribution in [0, 0.1) is 0 Å². The van der Waals surface area contributed by atoms with E-state index >= 15 is 0 Å². The van der Waals surface area contributed by atoms with Gasteiger partial charge in [-0.15, -0.1) is 0 Å². The first-order valence-corrected chi connectivity index (χ1v) is 6.19. The summed E-state index contributed by atoms with van der Waals surface area (Å²) in [6.45, 7) is 4.83. The summed E-state index contributed by atoms with van der Waals surface area (Å²) in [5.41, 5.74) is -0.209. The van der Waals surface area contributed by atoms with Crippen molar-refractivity contribution in [2.24, 2.45) is 0 Å². The lowest BCUT2D eigenvalue weighted by atomic mass is 9.95. The fourth-order valence-electron chi connectivity index (χ4n) is 2.52. The molecule has 96 valence electrons. The highest BCUT2D eigenvalue weighted by Crippen LogP contribution is 2.33. The van der Waals surface area contributed by atoms with Crippen LogP contribution in [0.25, 0.3) is 0 Å². The number of aliphatic carboxylic acids is 1. The Hall–Kier alpha value is -1.10. The van der Waals surface area contributed by atoms with Crippen LogP contribution in [0.15, 0.2) is 0 Å². The van der Waals surface area contributed by atoms with Crippen LogP contribution < -0.4 is 5.32 Å². The molecule has 5 heteroatoms. The molecule has 0 spiro atoms. The fourth-order valence-corrected chi connectivity index (χ4v) is 2.52. The molecular formula is C12H20N2O3. The number of carbonyl (C=O) groups excluding carboxylic acids is 1. The van der Waals surface area contributed by atoms with Gasteiger partial charge in [0.25, 0.3) is 0 Å². The number of nitrogens with one attached hydrogen (secondary N) is 1. The average Bonchev–Trinajstić information content (AvgIpc) is 2.96. The highest BCUT2D eigenvalue weighted by molar-refractivity contribution is 5.84. The summed E-state index contributed by atoms with van der Waals surface area (Å²) in [6, 6.07) is 0.228. The summed E-state index contributed by atoms with van der Waals surface area (Å²) in [5, 5.41) is 11.7. The van der Waals surface area contributed by atoms with Crippen LogP contribution in [-0.4, -0.2) is 46.1 Å². The van der Waals surface area contributed by atoms with Gasteiger partial charge in [0, 0.05) is 24.5 Å². The van der Waals surface area contributed by atoms with Crippen molar-refractivity contribution in [3.05, 3.63) is 0 Å². The van der Waals surface area contributed by atoms with Gasteiger partial charge in [-0.1, -0.05) is 0 Å². The lowest BCUT2D eigenvalue weighted by molar-refractivity contribution is -0.139. The molecule has 1 atom stereocenters. The number of amides is 1.